The fourth-order valence-electron chi connectivity index (χ4n) is 2.99. The van der Waals surface area contributed by atoms with E-state index in [9.17, 15) is 4.79 Å². The summed E-state index contributed by atoms with van der Waals surface area (Å²) in [6.45, 7) is 7.84. The van der Waals surface area contributed by atoms with E-state index in [2.05, 4.69) is 29.3 Å². The Bertz CT molecular complexity index is 676. The highest BCUT2D eigenvalue weighted by Gasteiger charge is 2.26. The molecule has 0 saturated carbocycles. The van der Waals surface area contributed by atoms with Crippen molar-refractivity contribution in [2.75, 3.05) is 13.1 Å². The van der Waals surface area contributed by atoms with Gasteiger partial charge in [-0.05, 0) is 39.7 Å². The number of amides is 1. The normalized spacial score (nSPS) is 18.6. The second-order valence-electron chi connectivity index (χ2n) is 6.56. The number of aryl methyl sites for hydroxylation is 1. The van der Waals surface area contributed by atoms with Crippen LogP contribution in [0, 0.1) is 6.92 Å². The molecule has 6 heteroatoms. The van der Waals surface area contributed by atoms with Gasteiger partial charge in [-0.3, -0.25) is 9.48 Å². The van der Waals surface area contributed by atoms with E-state index in [4.69, 9.17) is 0 Å². The summed E-state index contributed by atoms with van der Waals surface area (Å²) in [7, 11) is 0. The molecule has 2 aromatic heterocycles. The maximum atomic E-state index is 12.6. The van der Waals surface area contributed by atoms with Crippen molar-refractivity contribution in [3.63, 3.8) is 0 Å². The van der Waals surface area contributed by atoms with E-state index in [1.807, 2.05) is 28.8 Å². The molecule has 0 spiro atoms. The van der Waals surface area contributed by atoms with Gasteiger partial charge in [0.25, 0.3) is 0 Å². The first-order valence-electron chi connectivity index (χ1n) is 8.26. The van der Waals surface area contributed by atoms with Crippen molar-refractivity contribution < 1.29 is 4.79 Å². The number of carbonyl (C=O) groups is 1. The average molecular weight is 332 g/mol. The maximum Gasteiger partial charge on any atom is 0.228 e. The average Bonchev–Trinajstić information content (AvgIpc) is 3.16. The van der Waals surface area contributed by atoms with Gasteiger partial charge in [0.1, 0.15) is 0 Å². The minimum atomic E-state index is 0.178. The number of hydrogen-bond donors (Lipinski definition) is 0. The van der Waals surface area contributed by atoms with Crippen LogP contribution in [-0.2, 0) is 11.2 Å². The highest BCUT2D eigenvalue weighted by Crippen LogP contribution is 2.29. The molecule has 1 atom stereocenters. The molecular weight excluding hydrogens is 308 g/mol. The van der Waals surface area contributed by atoms with Crippen LogP contribution in [-0.4, -0.2) is 38.7 Å². The zero-order chi connectivity index (χ0) is 16.4. The maximum absolute atomic E-state index is 12.6. The van der Waals surface area contributed by atoms with Crippen LogP contribution in [0.25, 0.3) is 0 Å². The molecule has 1 amide bonds. The van der Waals surface area contributed by atoms with Gasteiger partial charge in [0, 0.05) is 42.3 Å². The van der Waals surface area contributed by atoms with E-state index < -0.39 is 0 Å². The first-order valence-corrected chi connectivity index (χ1v) is 9.14. The molecule has 124 valence electrons. The lowest BCUT2D eigenvalue weighted by molar-refractivity contribution is -0.131. The van der Waals surface area contributed by atoms with E-state index in [0.717, 1.165) is 37.3 Å². The molecule has 1 aliphatic heterocycles. The number of rotatable bonds is 4. The summed E-state index contributed by atoms with van der Waals surface area (Å²) in [5.41, 5.74) is 1.93. The third kappa shape index (κ3) is 3.80. The monoisotopic (exact) mass is 332 g/mol. The molecule has 1 aliphatic rings. The number of hydrogen-bond acceptors (Lipinski definition) is 4. The minimum absolute atomic E-state index is 0.178. The SMILES string of the molecule is Cc1csc(C2CCCN(C(=O)Cc3ccn(C(C)C)n3)C2)n1. The Morgan fingerprint density at radius 1 is 1.48 bits per heavy atom. The third-order valence-corrected chi connectivity index (χ3v) is 5.41. The zero-order valence-electron chi connectivity index (χ0n) is 14.0. The molecule has 23 heavy (non-hydrogen) atoms. The lowest BCUT2D eigenvalue weighted by atomic mass is 9.98. The summed E-state index contributed by atoms with van der Waals surface area (Å²) in [5, 5.41) is 7.75. The molecule has 1 unspecified atom stereocenters. The fourth-order valence-corrected chi connectivity index (χ4v) is 3.92. The molecule has 0 aromatic carbocycles. The Kier molecular flexibility index (Phi) is 4.80. The number of aromatic nitrogens is 3. The van der Waals surface area contributed by atoms with Crippen molar-refractivity contribution in [1.29, 1.82) is 0 Å². The molecule has 0 bridgehead atoms. The van der Waals surface area contributed by atoms with Gasteiger partial charge in [-0.1, -0.05) is 0 Å². The van der Waals surface area contributed by atoms with Gasteiger partial charge < -0.3 is 4.90 Å². The quantitative estimate of drug-likeness (QED) is 0.864. The molecule has 3 heterocycles. The first kappa shape index (κ1) is 16.2. The van der Waals surface area contributed by atoms with E-state index in [0.29, 0.717) is 18.4 Å². The zero-order valence-corrected chi connectivity index (χ0v) is 14.8. The second kappa shape index (κ2) is 6.83. The molecule has 1 fully saturated rings. The molecule has 0 N–H and O–H groups in total. The molecule has 5 nitrogen and oxygen atoms in total. The Morgan fingerprint density at radius 3 is 2.96 bits per heavy atom. The van der Waals surface area contributed by atoms with Crippen LogP contribution in [0.3, 0.4) is 0 Å². The molecular formula is C17H24N4OS. The highest BCUT2D eigenvalue weighted by atomic mass is 32.1. The smallest absolute Gasteiger partial charge is 0.228 e. The number of thiazole rings is 1. The van der Waals surface area contributed by atoms with Crippen molar-refractivity contribution >= 4 is 17.2 Å². The number of likely N-dealkylation sites (tertiary alicyclic amines) is 1. The summed E-state index contributed by atoms with van der Waals surface area (Å²) < 4.78 is 1.90. The van der Waals surface area contributed by atoms with Crippen LogP contribution in [0.5, 0.6) is 0 Å². The van der Waals surface area contributed by atoms with Crippen LogP contribution < -0.4 is 0 Å². The van der Waals surface area contributed by atoms with Crippen molar-refractivity contribution in [2.24, 2.45) is 0 Å². The Balaban J connectivity index is 1.62. The Morgan fingerprint density at radius 2 is 2.30 bits per heavy atom. The van der Waals surface area contributed by atoms with Gasteiger partial charge in [-0.2, -0.15) is 5.10 Å². The van der Waals surface area contributed by atoms with Crippen LogP contribution in [0.2, 0.25) is 0 Å². The molecule has 0 aliphatic carbocycles. The first-order chi connectivity index (χ1) is 11.0. The van der Waals surface area contributed by atoms with Gasteiger partial charge in [0.05, 0.1) is 17.1 Å². The summed E-state index contributed by atoms with van der Waals surface area (Å²) in [5.74, 6) is 0.566. The standard InChI is InChI=1S/C17H24N4OS/c1-12(2)21-8-6-15(19-21)9-16(22)20-7-4-5-14(10-20)17-18-13(3)11-23-17/h6,8,11-12,14H,4-5,7,9-10H2,1-3H3. The van der Waals surface area contributed by atoms with Crippen molar-refractivity contribution in [2.45, 2.75) is 52.0 Å². The fraction of sp³-hybridized carbons (Fsp3) is 0.588. The lowest BCUT2D eigenvalue weighted by Gasteiger charge is -2.31. The van der Waals surface area contributed by atoms with E-state index in [1.54, 1.807) is 11.3 Å². The van der Waals surface area contributed by atoms with Gasteiger partial charge in [0.15, 0.2) is 0 Å². The summed E-state index contributed by atoms with van der Waals surface area (Å²) in [6.07, 6.45) is 4.52. The van der Waals surface area contributed by atoms with Gasteiger partial charge in [0.2, 0.25) is 5.91 Å². The molecule has 0 radical (unpaired) electrons. The largest absolute Gasteiger partial charge is 0.342 e. The van der Waals surface area contributed by atoms with E-state index in [1.165, 1.54) is 5.01 Å². The molecule has 3 rings (SSSR count). The summed E-state index contributed by atoms with van der Waals surface area (Å²) in [4.78, 5) is 19.2. The van der Waals surface area contributed by atoms with Gasteiger partial charge in [-0.15, -0.1) is 11.3 Å². The number of nitrogens with zero attached hydrogens (tertiary/aromatic N) is 4. The van der Waals surface area contributed by atoms with Gasteiger partial charge in [-0.25, -0.2) is 4.98 Å². The topological polar surface area (TPSA) is 51.0 Å². The van der Waals surface area contributed by atoms with Crippen molar-refractivity contribution in [1.82, 2.24) is 19.7 Å². The van der Waals surface area contributed by atoms with Crippen molar-refractivity contribution in [3.05, 3.63) is 34.0 Å². The van der Waals surface area contributed by atoms with Crippen LogP contribution in [0.15, 0.2) is 17.6 Å². The second-order valence-corrected chi connectivity index (χ2v) is 7.45. The summed E-state index contributed by atoms with van der Waals surface area (Å²) in [6, 6.07) is 2.27. The summed E-state index contributed by atoms with van der Waals surface area (Å²) >= 11 is 1.72. The number of carbonyl (C=O) groups excluding carboxylic acids is 1. The lowest BCUT2D eigenvalue weighted by Crippen LogP contribution is -2.40. The number of piperidine rings is 1. The van der Waals surface area contributed by atoms with E-state index in [-0.39, 0.29) is 5.91 Å². The van der Waals surface area contributed by atoms with Crippen molar-refractivity contribution in [3.8, 4) is 0 Å². The molecule has 1 saturated heterocycles. The van der Waals surface area contributed by atoms with Gasteiger partial charge >= 0.3 is 0 Å². The molecule has 2 aromatic rings. The van der Waals surface area contributed by atoms with E-state index >= 15 is 0 Å². The third-order valence-electron chi connectivity index (χ3n) is 4.29. The predicted octanol–water partition coefficient (Wildman–Crippen LogP) is 3.18. The highest BCUT2D eigenvalue weighted by molar-refractivity contribution is 7.09. The van der Waals surface area contributed by atoms with Crippen LogP contribution in [0.1, 0.15) is 55.0 Å². The predicted molar refractivity (Wildman–Crippen MR) is 91.7 cm³/mol. The van der Waals surface area contributed by atoms with Crippen LogP contribution >= 0.6 is 11.3 Å². The minimum Gasteiger partial charge on any atom is -0.342 e. The van der Waals surface area contributed by atoms with Crippen LogP contribution in [0.4, 0.5) is 0 Å². The Hall–Kier alpha value is -1.69. The Labute approximate surface area is 141 Å².